The Morgan fingerprint density at radius 2 is 1.77 bits per heavy atom. The molecule has 7 nitrogen and oxygen atoms in total. The number of carbonyl (C=O) groups is 2. The topological polar surface area (TPSA) is 86.8 Å². The molecule has 168 valence electrons. The molecule has 0 heterocycles. The Hall–Kier alpha value is -2.58. The van der Waals surface area contributed by atoms with E-state index in [1.54, 1.807) is 61.5 Å². The van der Waals surface area contributed by atoms with Crippen LogP contribution in [0.25, 0.3) is 0 Å². The summed E-state index contributed by atoms with van der Waals surface area (Å²) < 4.78 is 25.8. The van der Waals surface area contributed by atoms with Crippen LogP contribution in [0.3, 0.4) is 0 Å². The maximum Gasteiger partial charge on any atom is 0.244 e. The molecule has 0 spiro atoms. The summed E-state index contributed by atoms with van der Waals surface area (Å²) in [4.78, 5) is 27.3. The summed E-state index contributed by atoms with van der Waals surface area (Å²) in [7, 11) is -3.72. The lowest BCUT2D eigenvalue weighted by molar-refractivity contribution is -0.139. The first kappa shape index (κ1) is 24.7. The second-order valence-corrected chi connectivity index (χ2v) is 9.57. The third kappa shape index (κ3) is 7.25. The summed E-state index contributed by atoms with van der Waals surface area (Å²) >= 11 is 6.07. The summed E-state index contributed by atoms with van der Waals surface area (Å²) in [6.45, 7) is 3.74. The molecule has 2 aromatic carbocycles. The van der Waals surface area contributed by atoms with Crippen molar-refractivity contribution >= 4 is 39.1 Å². The van der Waals surface area contributed by atoms with Gasteiger partial charge in [0.15, 0.2) is 0 Å². The summed E-state index contributed by atoms with van der Waals surface area (Å²) in [6, 6.07) is 14.6. The zero-order valence-electron chi connectivity index (χ0n) is 17.9. The van der Waals surface area contributed by atoms with Gasteiger partial charge in [-0.3, -0.25) is 13.9 Å². The van der Waals surface area contributed by atoms with Crippen molar-refractivity contribution in [2.75, 3.05) is 23.7 Å². The molecule has 0 fully saturated rings. The molecule has 0 saturated heterocycles. The van der Waals surface area contributed by atoms with Crippen molar-refractivity contribution in [3.05, 3.63) is 65.2 Å². The van der Waals surface area contributed by atoms with E-state index >= 15 is 0 Å². The highest BCUT2D eigenvalue weighted by Gasteiger charge is 2.29. The summed E-state index contributed by atoms with van der Waals surface area (Å²) in [5.41, 5.74) is 1.12. The maximum absolute atomic E-state index is 13.3. The highest BCUT2D eigenvalue weighted by atomic mass is 35.5. The monoisotopic (exact) mass is 465 g/mol. The van der Waals surface area contributed by atoms with Crippen LogP contribution in [0.4, 0.5) is 5.69 Å². The number of hydrogen-bond acceptors (Lipinski definition) is 4. The Morgan fingerprint density at radius 3 is 2.35 bits per heavy atom. The number of rotatable bonds is 10. The number of hydrogen-bond donors (Lipinski definition) is 1. The van der Waals surface area contributed by atoms with Crippen LogP contribution < -0.4 is 9.62 Å². The Balaban J connectivity index is 2.34. The van der Waals surface area contributed by atoms with Crippen LogP contribution in [-0.4, -0.2) is 50.5 Å². The zero-order chi connectivity index (χ0) is 23.0. The Labute approximate surface area is 189 Å². The van der Waals surface area contributed by atoms with Gasteiger partial charge in [0.25, 0.3) is 0 Å². The Morgan fingerprint density at radius 1 is 1.10 bits per heavy atom. The number of para-hydroxylation sites is 1. The molecule has 0 saturated carbocycles. The van der Waals surface area contributed by atoms with Crippen LogP contribution in [0.5, 0.6) is 0 Å². The van der Waals surface area contributed by atoms with Crippen LogP contribution in [0, 0.1) is 0 Å². The highest BCUT2D eigenvalue weighted by Crippen LogP contribution is 2.19. The normalized spacial score (nSPS) is 12.1. The average molecular weight is 466 g/mol. The van der Waals surface area contributed by atoms with Crippen LogP contribution in [-0.2, 0) is 26.2 Å². The molecule has 0 aliphatic carbocycles. The van der Waals surface area contributed by atoms with E-state index in [4.69, 9.17) is 11.6 Å². The molecule has 1 N–H and O–H groups in total. The lowest BCUT2D eigenvalue weighted by Crippen LogP contribution is -2.51. The quantitative estimate of drug-likeness (QED) is 0.584. The molecule has 1 atom stereocenters. The first-order valence-electron chi connectivity index (χ1n) is 9.98. The molecular formula is C22H28ClN3O4S. The van der Waals surface area contributed by atoms with E-state index in [0.717, 1.165) is 22.5 Å². The second-order valence-electron chi connectivity index (χ2n) is 7.22. The number of benzene rings is 2. The van der Waals surface area contributed by atoms with Gasteiger partial charge < -0.3 is 10.2 Å². The molecule has 9 heteroatoms. The van der Waals surface area contributed by atoms with Gasteiger partial charge in [-0.1, -0.05) is 48.9 Å². The number of amides is 2. The van der Waals surface area contributed by atoms with E-state index in [9.17, 15) is 18.0 Å². The average Bonchev–Trinajstić information content (AvgIpc) is 2.73. The first-order valence-corrected chi connectivity index (χ1v) is 12.2. The molecule has 0 aliphatic rings. The number of carbonyl (C=O) groups excluding carboxylic acids is 2. The number of sulfonamides is 1. The molecule has 2 rings (SSSR count). The van der Waals surface area contributed by atoms with Gasteiger partial charge in [0.05, 0.1) is 11.9 Å². The maximum atomic E-state index is 13.3. The molecule has 0 aliphatic heterocycles. The predicted molar refractivity (Wildman–Crippen MR) is 123 cm³/mol. The molecule has 0 aromatic heterocycles. The fourth-order valence-corrected chi connectivity index (χ4v) is 4.08. The third-order valence-electron chi connectivity index (χ3n) is 4.68. The van der Waals surface area contributed by atoms with E-state index in [2.05, 4.69) is 5.32 Å². The van der Waals surface area contributed by atoms with Gasteiger partial charge >= 0.3 is 0 Å². The summed E-state index contributed by atoms with van der Waals surface area (Å²) in [5, 5.41) is 3.30. The second kappa shape index (κ2) is 11.2. The molecule has 2 amide bonds. The fraction of sp³-hybridized carbons (Fsp3) is 0.364. The number of halogens is 1. The number of nitrogens with one attached hydrogen (secondary N) is 1. The minimum Gasteiger partial charge on any atom is -0.354 e. The molecular weight excluding hydrogens is 438 g/mol. The van der Waals surface area contributed by atoms with Gasteiger partial charge in [-0.15, -0.1) is 0 Å². The van der Waals surface area contributed by atoms with E-state index in [1.165, 1.54) is 4.90 Å². The van der Waals surface area contributed by atoms with E-state index in [-0.39, 0.29) is 12.5 Å². The highest BCUT2D eigenvalue weighted by molar-refractivity contribution is 7.92. The molecule has 31 heavy (non-hydrogen) atoms. The van der Waals surface area contributed by atoms with Gasteiger partial charge in [0.1, 0.15) is 12.6 Å². The summed E-state index contributed by atoms with van der Waals surface area (Å²) in [5.74, 6) is -0.795. The minimum absolute atomic E-state index is 0.118. The van der Waals surface area contributed by atoms with Crippen molar-refractivity contribution in [3.63, 3.8) is 0 Å². The van der Waals surface area contributed by atoms with Gasteiger partial charge in [-0.2, -0.15) is 0 Å². The van der Waals surface area contributed by atoms with Crippen molar-refractivity contribution < 1.29 is 18.0 Å². The Bertz CT molecular complexity index is 999. The van der Waals surface area contributed by atoms with Crippen LogP contribution in [0.1, 0.15) is 25.8 Å². The van der Waals surface area contributed by atoms with E-state index < -0.39 is 28.5 Å². The van der Waals surface area contributed by atoms with Gasteiger partial charge in [0.2, 0.25) is 21.8 Å². The van der Waals surface area contributed by atoms with Crippen LogP contribution in [0.2, 0.25) is 5.02 Å². The van der Waals surface area contributed by atoms with E-state index in [1.807, 2.05) is 6.92 Å². The van der Waals surface area contributed by atoms with Crippen molar-refractivity contribution in [2.24, 2.45) is 0 Å². The van der Waals surface area contributed by atoms with Gasteiger partial charge in [-0.05, 0) is 43.2 Å². The minimum atomic E-state index is -3.72. The number of nitrogens with zero attached hydrogens (tertiary/aromatic N) is 2. The van der Waals surface area contributed by atoms with Crippen LogP contribution in [0.15, 0.2) is 54.6 Å². The largest absolute Gasteiger partial charge is 0.354 e. The van der Waals surface area contributed by atoms with Crippen molar-refractivity contribution in [1.29, 1.82) is 0 Å². The van der Waals surface area contributed by atoms with Crippen molar-refractivity contribution in [2.45, 2.75) is 32.9 Å². The first-order chi connectivity index (χ1) is 14.6. The van der Waals surface area contributed by atoms with Crippen LogP contribution >= 0.6 is 11.6 Å². The summed E-state index contributed by atoms with van der Waals surface area (Å²) in [6.07, 6.45) is 1.81. The zero-order valence-corrected chi connectivity index (χ0v) is 19.5. The SMILES string of the molecule is CCCNC(=O)C(C)N(Cc1cccc(Cl)c1)C(=O)CN(c1ccccc1)S(C)(=O)=O. The lowest BCUT2D eigenvalue weighted by atomic mass is 10.1. The molecule has 2 aromatic rings. The van der Waals surface area contributed by atoms with Crippen molar-refractivity contribution in [1.82, 2.24) is 10.2 Å². The standard InChI is InChI=1S/C22H28ClN3O4S/c1-4-13-24-22(28)17(2)25(15-18-9-8-10-19(23)14-18)21(27)16-26(31(3,29)30)20-11-6-5-7-12-20/h5-12,14,17H,4,13,15-16H2,1-3H3,(H,24,28). The van der Waals surface area contributed by atoms with E-state index in [0.29, 0.717) is 17.3 Å². The van der Waals surface area contributed by atoms with Crippen molar-refractivity contribution in [3.8, 4) is 0 Å². The predicted octanol–water partition coefficient (Wildman–Crippen LogP) is 3.05. The molecule has 0 radical (unpaired) electrons. The Kier molecular flexibility index (Phi) is 8.88. The number of anilines is 1. The van der Waals surface area contributed by atoms with Gasteiger partial charge in [-0.25, -0.2) is 8.42 Å². The third-order valence-corrected chi connectivity index (χ3v) is 6.06. The smallest absolute Gasteiger partial charge is 0.244 e. The lowest BCUT2D eigenvalue weighted by Gasteiger charge is -2.31. The fourth-order valence-electron chi connectivity index (χ4n) is 3.02. The van der Waals surface area contributed by atoms with Gasteiger partial charge in [0, 0.05) is 18.1 Å². The molecule has 0 bridgehead atoms. The molecule has 1 unspecified atom stereocenters.